The molecule has 0 aliphatic carbocycles. The minimum Gasteiger partial charge on any atom is -0.375 e. The number of hydrogen-bond donors (Lipinski definition) is 2. The third-order valence-corrected chi connectivity index (χ3v) is 4.75. The highest BCUT2D eigenvalue weighted by Crippen LogP contribution is 2.21. The van der Waals surface area contributed by atoms with Crippen LogP contribution >= 0.6 is 11.6 Å². The van der Waals surface area contributed by atoms with E-state index in [0.29, 0.717) is 10.9 Å². The molecule has 1 aliphatic rings. The number of likely N-dealkylation sites (tertiary alicyclic amines) is 1. The first-order valence-electron chi connectivity index (χ1n) is 8.48. The molecule has 7 heteroatoms. The van der Waals surface area contributed by atoms with E-state index in [-0.39, 0.29) is 12.5 Å². The van der Waals surface area contributed by atoms with Crippen molar-refractivity contribution in [3.05, 3.63) is 47.9 Å². The number of anilines is 2. The number of carbonyl (C=O) groups excluding carboxylic acids is 1. The molecule has 0 unspecified atom stereocenters. The van der Waals surface area contributed by atoms with Crippen molar-refractivity contribution in [2.75, 3.05) is 36.8 Å². The predicted octanol–water partition coefficient (Wildman–Crippen LogP) is 2.89. The van der Waals surface area contributed by atoms with Crippen molar-refractivity contribution in [2.45, 2.75) is 12.8 Å². The molecule has 0 spiro atoms. The summed E-state index contributed by atoms with van der Waals surface area (Å²) in [6, 6.07) is 9.31. The molecule has 3 rings (SSSR count). The molecule has 1 aromatic carbocycles. The number of rotatable bonds is 6. The van der Waals surface area contributed by atoms with Crippen LogP contribution in [0.3, 0.4) is 0 Å². The van der Waals surface area contributed by atoms with Crippen molar-refractivity contribution in [1.29, 1.82) is 0 Å². The fourth-order valence-corrected chi connectivity index (χ4v) is 3.12. The van der Waals surface area contributed by atoms with E-state index in [2.05, 4.69) is 20.6 Å². The molecule has 0 atom stereocenters. The van der Waals surface area contributed by atoms with E-state index in [9.17, 15) is 4.79 Å². The number of benzene rings is 1. The summed E-state index contributed by atoms with van der Waals surface area (Å²) in [6.45, 7) is 2.73. The minimum atomic E-state index is 0.113. The van der Waals surface area contributed by atoms with Crippen molar-refractivity contribution in [1.82, 2.24) is 14.9 Å². The van der Waals surface area contributed by atoms with Gasteiger partial charge in [0.15, 0.2) is 0 Å². The third kappa shape index (κ3) is 5.06. The molecule has 0 bridgehead atoms. The van der Waals surface area contributed by atoms with Gasteiger partial charge in [0.05, 0.1) is 17.3 Å². The lowest BCUT2D eigenvalue weighted by molar-refractivity contribution is -0.130. The molecule has 2 heterocycles. The molecule has 6 nitrogen and oxygen atoms in total. The third-order valence-electron chi connectivity index (χ3n) is 4.42. The summed E-state index contributed by atoms with van der Waals surface area (Å²) in [5.74, 6) is 1.51. The molecule has 0 saturated carbocycles. The Morgan fingerprint density at radius 3 is 2.72 bits per heavy atom. The van der Waals surface area contributed by atoms with E-state index >= 15 is 0 Å². The Kier molecular flexibility index (Phi) is 6.06. The Morgan fingerprint density at radius 1 is 1.20 bits per heavy atom. The summed E-state index contributed by atoms with van der Waals surface area (Å²) in [7, 11) is 0. The van der Waals surface area contributed by atoms with Crippen LogP contribution in [-0.2, 0) is 4.79 Å². The molecule has 25 heavy (non-hydrogen) atoms. The zero-order valence-electron chi connectivity index (χ0n) is 14.0. The topological polar surface area (TPSA) is 70.2 Å². The lowest BCUT2D eigenvalue weighted by Crippen LogP contribution is -2.42. The molecular weight excluding hydrogens is 338 g/mol. The first kappa shape index (κ1) is 17.5. The summed E-state index contributed by atoms with van der Waals surface area (Å²) in [5.41, 5.74) is 0.793. The number of para-hydroxylation sites is 1. The van der Waals surface area contributed by atoms with E-state index in [1.54, 1.807) is 6.20 Å². The molecule has 2 aromatic rings. The normalized spacial score (nSPS) is 15.0. The Bertz CT molecular complexity index is 689. The van der Waals surface area contributed by atoms with Gasteiger partial charge in [-0.2, -0.15) is 0 Å². The average molecular weight is 360 g/mol. The number of nitrogens with zero attached hydrogens (tertiary/aromatic N) is 3. The van der Waals surface area contributed by atoms with Crippen LogP contribution in [0, 0.1) is 5.92 Å². The van der Waals surface area contributed by atoms with Crippen LogP contribution in [0.1, 0.15) is 12.8 Å². The zero-order chi connectivity index (χ0) is 17.5. The number of halogens is 1. The minimum absolute atomic E-state index is 0.113. The van der Waals surface area contributed by atoms with Gasteiger partial charge in [0.25, 0.3) is 0 Å². The van der Waals surface area contributed by atoms with Crippen molar-refractivity contribution in [2.24, 2.45) is 5.92 Å². The highest BCUT2D eigenvalue weighted by Gasteiger charge is 2.22. The van der Waals surface area contributed by atoms with Gasteiger partial charge in [-0.3, -0.25) is 4.79 Å². The fourth-order valence-electron chi connectivity index (χ4n) is 2.92. The number of hydrogen-bond acceptors (Lipinski definition) is 5. The Labute approximate surface area is 152 Å². The van der Waals surface area contributed by atoms with Crippen molar-refractivity contribution in [3.63, 3.8) is 0 Å². The van der Waals surface area contributed by atoms with Gasteiger partial charge in [-0.1, -0.05) is 23.7 Å². The largest absolute Gasteiger partial charge is 0.375 e. The molecule has 1 aromatic heterocycles. The highest BCUT2D eigenvalue weighted by molar-refractivity contribution is 6.33. The monoisotopic (exact) mass is 359 g/mol. The number of amides is 1. The SMILES string of the molecule is O=C(CNc1ccccc1Cl)N1CCC(CNc2ccncn2)CC1. The number of nitrogens with one attached hydrogen (secondary N) is 2. The predicted molar refractivity (Wildman–Crippen MR) is 99.8 cm³/mol. The fraction of sp³-hybridized carbons (Fsp3) is 0.389. The zero-order valence-corrected chi connectivity index (χ0v) is 14.7. The van der Waals surface area contributed by atoms with Crippen LogP contribution in [0.15, 0.2) is 42.9 Å². The van der Waals surface area contributed by atoms with Gasteiger partial charge in [0.2, 0.25) is 5.91 Å². The van der Waals surface area contributed by atoms with E-state index in [4.69, 9.17) is 11.6 Å². The van der Waals surface area contributed by atoms with E-state index in [1.165, 1.54) is 6.33 Å². The Balaban J connectivity index is 1.39. The van der Waals surface area contributed by atoms with Crippen LogP contribution in [0.2, 0.25) is 5.02 Å². The van der Waals surface area contributed by atoms with Gasteiger partial charge in [-0.25, -0.2) is 9.97 Å². The smallest absolute Gasteiger partial charge is 0.241 e. The second-order valence-electron chi connectivity index (χ2n) is 6.13. The summed E-state index contributed by atoms with van der Waals surface area (Å²) in [4.78, 5) is 22.3. The van der Waals surface area contributed by atoms with Gasteiger partial charge in [-0.15, -0.1) is 0 Å². The summed E-state index contributed by atoms with van der Waals surface area (Å²) in [6.07, 6.45) is 5.25. The highest BCUT2D eigenvalue weighted by atomic mass is 35.5. The van der Waals surface area contributed by atoms with Crippen molar-refractivity contribution in [3.8, 4) is 0 Å². The van der Waals surface area contributed by atoms with Crippen molar-refractivity contribution >= 4 is 29.0 Å². The number of piperidine rings is 1. The average Bonchev–Trinajstić information content (AvgIpc) is 2.67. The number of aromatic nitrogens is 2. The first-order valence-corrected chi connectivity index (χ1v) is 8.86. The standard InChI is InChI=1S/C18H22ClN5O/c19-15-3-1-2-4-16(15)21-12-18(25)24-9-6-14(7-10-24)11-22-17-5-8-20-13-23-17/h1-5,8,13-14,21H,6-7,9-12H2,(H,20,22,23). The summed E-state index contributed by atoms with van der Waals surface area (Å²) >= 11 is 6.09. The van der Waals surface area contributed by atoms with Crippen LogP contribution < -0.4 is 10.6 Å². The van der Waals surface area contributed by atoms with Gasteiger partial charge in [-0.05, 0) is 37.0 Å². The maximum atomic E-state index is 12.4. The second kappa shape index (κ2) is 8.67. The Hall–Kier alpha value is -2.34. The molecular formula is C18H22ClN5O. The van der Waals surface area contributed by atoms with Crippen LogP contribution in [0.5, 0.6) is 0 Å². The summed E-state index contributed by atoms with van der Waals surface area (Å²) in [5, 5.41) is 7.08. The van der Waals surface area contributed by atoms with Gasteiger partial charge in [0.1, 0.15) is 12.1 Å². The lowest BCUT2D eigenvalue weighted by Gasteiger charge is -2.32. The summed E-state index contributed by atoms with van der Waals surface area (Å²) < 4.78 is 0. The second-order valence-corrected chi connectivity index (χ2v) is 6.54. The molecule has 2 N–H and O–H groups in total. The molecule has 0 radical (unpaired) electrons. The van der Waals surface area contributed by atoms with Crippen LogP contribution in [0.25, 0.3) is 0 Å². The van der Waals surface area contributed by atoms with E-state index in [0.717, 1.165) is 44.0 Å². The van der Waals surface area contributed by atoms with E-state index < -0.39 is 0 Å². The molecule has 1 saturated heterocycles. The maximum Gasteiger partial charge on any atom is 0.241 e. The Morgan fingerprint density at radius 2 is 2.00 bits per heavy atom. The van der Waals surface area contributed by atoms with Gasteiger partial charge < -0.3 is 15.5 Å². The van der Waals surface area contributed by atoms with Crippen LogP contribution in [0.4, 0.5) is 11.5 Å². The number of carbonyl (C=O) groups is 1. The van der Waals surface area contributed by atoms with Crippen LogP contribution in [-0.4, -0.2) is 47.0 Å². The molecule has 1 amide bonds. The lowest BCUT2D eigenvalue weighted by atomic mass is 9.96. The maximum absolute atomic E-state index is 12.4. The first-order chi connectivity index (χ1) is 12.2. The quantitative estimate of drug-likeness (QED) is 0.829. The van der Waals surface area contributed by atoms with Crippen molar-refractivity contribution < 1.29 is 4.79 Å². The molecule has 1 fully saturated rings. The molecule has 132 valence electrons. The van der Waals surface area contributed by atoms with E-state index in [1.807, 2.05) is 35.2 Å². The van der Waals surface area contributed by atoms with Gasteiger partial charge in [0, 0.05) is 25.8 Å². The van der Waals surface area contributed by atoms with Gasteiger partial charge >= 0.3 is 0 Å². The molecule has 1 aliphatic heterocycles.